The molecule has 25 heavy (non-hydrogen) atoms. The first-order chi connectivity index (χ1) is 12.0. The van der Waals surface area contributed by atoms with Gasteiger partial charge < -0.3 is 5.32 Å². The highest BCUT2D eigenvalue weighted by molar-refractivity contribution is 7.92. The molecule has 0 radical (unpaired) electrons. The molecule has 1 N–H and O–H groups in total. The first kappa shape index (κ1) is 17.8. The Bertz CT molecular complexity index is 866. The van der Waals surface area contributed by atoms with E-state index >= 15 is 0 Å². The second-order valence-corrected chi connectivity index (χ2v) is 8.06. The van der Waals surface area contributed by atoms with Gasteiger partial charge in [0.05, 0.1) is 10.6 Å². The number of anilines is 2. The number of carbonyl (C=O) groups excluding carboxylic acids is 1. The summed E-state index contributed by atoms with van der Waals surface area (Å²) in [6.45, 7) is 0.443. The standard InChI is InChI=1S/C18H19ClN2O3S/c19-12-3-6-18(22)20-15-7-9-16(10-8-15)25(23,24)21-13-11-14-4-1-2-5-17(14)21/h1-2,4-5,7-10H,3,6,11-13H2,(H,20,22). The van der Waals surface area contributed by atoms with Crippen LogP contribution in [0.5, 0.6) is 0 Å². The highest BCUT2D eigenvalue weighted by Crippen LogP contribution is 2.32. The van der Waals surface area contributed by atoms with Crippen LogP contribution in [0.3, 0.4) is 0 Å². The zero-order chi connectivity index (χ0) is 17.9. The molecule has 2 aromatic carbocycles. The summed E-state index contributed by atoms with van der Waals surface area (Å²) >= 11 is 5.57. The molecule has 132 valence electrons. The van der Waals surface area contributed by atoms with E-state index < -0.39 is 10.0 Å². The van der Waals surface area contributed by atoms with Crippen LogP contribution in [-0.2, 0) is 21.2 Å². The third-order valence-electron chi connectivity index (χ3n) is 4.11. The van der Waals surface area contributed by atoms with Crippen molar-refractivity contribution in [3.63, 3.8) is 0 Å². The minimum atomic E-state index is -3.61. The van der Waals surface area contributed by atoms with Crippen LogP contribution in [0.1, 0.15) is 18.4 Å². The van der Waals surface area contributed by atoms with Gasteiger partial charge in [-0.25, -0.2) is 8.42 Å². The van der Waals surface area contributed by atoms with Crippen molar-refractivity contribution in [3.8, 4) is 0 Å². The Labute approximate surface area is 152 Å². The van der Waals surface area contributed by atoms with E-state index in [9.17, 15) is 13.2 Å². The fourth-order valence-corrected chi connectivity index (χ4v) is 4.48. The molecule has 0 saturated heterocycles. The largest absolute Gasteiger partial charge is 0.326 e. The Morgan fingerprint density at radius 2 is 1.84 bits per heavy atom. The molecule has 7 heteroatoms. The third-order valence-corrected chi connectivity index (χ3v) is 6.20. The number of hydrogen-bond donors (Lipinski definition) is 1. The van der Waals surface area contributed by atoms with Gasteiger partial charge in [0.25, 0.3) is 10.0 Å². The van der Waals surface area contributed by atoms with Crippen molar-refractivity contribution in [1.29, 1.82) is 0 Å². The molecule has 3 rings (SSSR count). The molecular formula is C18H19ClN2O3S. The fraction of sp³-hybridized carbons (Fsp3) is 0.278. The molecular weight excluding hydrogens is 360 g/mol. The van der Waals surface area contributed by atoms with E-state index in [1.54, 1.807) is 12.1 Å². The first-order valence-electron chi connectivity index (χ1n) is 8.09. The van der Waals surface area contributed by atoms with Crippen LogP contribution in [-0.4, -0.2) is 26.7 Å². The molecule has 0 bridgehead atoms. The van der Waals surface area contributed by atoms with E-state index in [0.29, 0.717) is 37.4 Å². The predicted octanol–water partition coefficient (Wildman–Crippen LogP) is 3.40. The van der Waals surface area contributed by atoms with Gasteiger partial charge >= 0.3 is 0 Å². The molecule has 0 spiro atoms. The number of rotatable bonds is 6. The summed E-state index contributed by atoms with van der Waals surface area (Å²) < 4.78 is 27.2. The van der Waals surface area contributed by atoms with Crippen LogP contribution in [0.4, 0.5) is 11.4 Å². The SMILES string of the molecule is O=C(CCCCl)Nc1ccc(S(=O)(=O)N2CCc3ccccc32)cc1. The number of fused-ring (bicyclic) bond motifs is 1. The maximum Gasteiger partial charge on any atom is 0.264 e. The summed E-state index contributed by atoms with van der Waals surface area (Å²) in [7, 11) is -3.61. The number of para-hydroxylation sites is 1. The lowest BCUT2D eigenvalue weighted by Gasteiger charge is -2.19. The lowest BCUT2D eigenvalue weighted by atomic mass is 10.2. The first-order valence-corrected chi connectivity index (χ1v) is 10.1. The molecule has 0 aliphatic carbocycles. The Balaban J connectivity index is 1.77. The summed E-state index contributed by atoms with van der Waals surface area (Å²) in [6.07, 6.45) is 1.66. The molecule has 0 atom stereocenters. The number of alkyl halides is 1. The van der Waals surface area contributed by atoms with E-state index in [2.05, 4.69) is 5.32 Å². The number of nitrogens with one attached hydrogen (secondary N) is 1. The summed E-state index contributed by atoms with van der Waals surface area (Å²) in [5.41, 5.74) is 2.34. The summed E-state index contributed by atoms with van der Waals surface area (Å²) in [6, 6.07) is 13.8. The second kappa shape index (κ2) is 7.45. The molecule has 0 fully saturated rings. The smallest absolute Gasteiger partial charge is 0.264 e. The van der Waals surface area contributed by atoms with Gasteiger partial charge in [-0.15, -0.1) is 11.6 Å². The summed E-state index contributed by atoms with van der Waals surface area (Å²) in [5, 5.41) is 2.73. The van der Waals surface area contributed by atoms with E-state index in [4.69, 9.17) is 11.6 Å². The van der Waals surface area contributed by atoms with Gasteiger partial charge in [-0.2, -0.15) is 0 Å². The monoisotopic (exact) mass is 378 g/mol. The van der Waals surface area contributed by atoms with Gasteiger partial charge in [0.2, 0.25) is 5.91 Å². The molecule has 2 aromatic rings. The lowest BCUT2D eigenvalue weighted by Crippen LogP contribution is -2.29. The van der Waals surface area contributed by atoms with Crippen molar-refractivity contribution >= 4 is 38.9 Å². The molecule has 1 aliphatic heterocycles. The maximum atomic E-state index is 12.9. The molecule has 1 aliphatic rings. The molecule has 5 nitrogen and oxygen atoms in total. The van der Waals surface area contributed by atoms with Gasteiger partial charge in [0, 0.05) is 24.5 Å². The zero-order valence-electron chi connectivity index (χ0n) is 13.6. The second-order valence-electron chi connectivity index (χ2n) is 5.82. The molecule has 1 heterocycles. The van der Waals surface area contributed by atoms with Gasteiger partial charge in [-0.3, -0.25) is 9.10 Å². The van der Waals surface area contributed by atoms with E-state index in [1.807, 2.05) is 24.3 Å². The summed E-state index contributed by atoms with van der Waals surface area (Å²) in [5.74, 6) is 0.298. The molecule has 0 saturated carbocycles. The van der Waals surface area contributed by atoms with E-state index in [1.165, 1.54) is 16.4 Å². The predicted molar refractivity (Wildman–Crippen MR) is 99.7 cm³/mol. The Morgan fingerprint density at radius 1 is 1.12 bits per heavy atom. The Morgan fingerprint density at radius 3 is 2.56 bits per heavy atom. The van der Waals surface area contributed by atoms with Crippen LogP contribution in [0.2, 0.25) is 0 Å². The number of nitrogens with zero attached hydrogens (tertiary/aromatic N) is 1. The van der Waals surface area contributed by atoms with Crippen molar-refractivity contribution in [2.45, 2.75) is 24.2 Å². The molecule has 0 aromatic heterocycles. The van der Waals surface area contributed by atoms with Crippen LogP contribution in [0, 0.1) is 0 Å². The number of halogens is 1. The normalized spacial score (nSPS) is 13.6. The highest BCUT2D eigenvalue weighted by atomic mass is 35.5. The third kappa shape index (κ3) is 3.80. The average molecular weight is 379 g/mol. The lowest BCUT2D eigenvalue weighted by molar-refractivity contribution is -0.116. The fourth-order valence-electron chi connectivity index (χ4n) is 2.85. The van der Waals surface area contributed by atoms with E-state index in [-0.39, 0.29) is 10.8 Å². The van der Waals surface area contributed by atoms with Crippen LogP contribution in [0.25, 0.3) is 0 Å². The quantitative estimate of drug-likeness (QED) is 0.783. The van der Waals surface area contributed by atoms with Gasteiger partial charge in [0.15, 0.2) is 0 Å². The topological polar surface area (TPSA) is 66.5 Å². The van der Waals surface area contributed by atoms with Crippen molar-refractivity contribution in [3.05, 3.63) is 54.1 Å². The Kier molecular flexibility index (Phi) is 5.30. The van der Waals surface area contributed by atoms with Gasteiger partial charge in [-0.05, 0) is 48.7 Å². The zero-order valence-corrected chi connectivity index (χ0v) is 15.2. The number of sulfonamides is 1. The van der Waals surface area contributed by atoms with Crippen molar-refractivity contribution in [1.82, 2.24) is 0 Å². The maximum absolute atomic E-state index is 12.9. The van der Waals surface area contributed by atoms with Crippen LogP contribution in [0.15, 0.2) is 53.4 Å². The van der Waals surface area contributed by atoms with Crippen molar-refractivity contribution in [2.75, 3.05) is 22.0 Å². The van der Waals surface area contributed by atoms with Crippen molar-refractivity contribution < 1.29 is 13.2 Å². The average Bonchev–Trinajstić information content (AvgIpc) is 3.05. The molecule has 1 amide bonds. The number of benzene rings is 2. The highest BCUT2D eigenvalue weighted by Gasteiger charge is 2.30. The van der Waals surface area contributed by atoms with Gasteiger partial charge in [-0.1, -0.05) is 18.2 Å². The van der Waals surface area contributed by atoms with Crippen molar-refractivity contribution in [2.24, 2.45) is 0 Å². The summed E-state index contributed by atoms with van der Waals surface area (Å²) in [4.78, 5) is 11.9. The minimum absolute atomic E-state index is 0.135. The van der Waals surface area contributed by atoms with Gasteiger partial charge in [0.1, 0.15) is 0 Å². The van der Waals surface area contributed by atoms with Crippen LogP contribution < -0.4 is 9.62 Å². The number of amides is 1. The molecule has 0 unspecified atom stereocenters. The minimum Gasteiger partial charge on any atom is -0.326 e. The van der Waals surface area contributed by atoms with Crippen LogP contribution >= 0.6 is 11.6 Å². The van der Waals surface area contributed by atoms with E-state index in [0.717, 1.165) is 11.3 Å². The number of carbonyl (C=O) groups is 1. The Hall–Kier alpha value is -2.05. The number of hydrogen-bond acceptors (Lipinski definition) is 3.